The van der Waals surface area contributed by atoms with Gasteiger partial charge in [0.2, 0.25) is 5.91 Å². The minimum Gasteiger partial charge on any atom is -0.480 e. The summed E-state index contributed by atoms with van der Waals surface area (Å²) in [5.41, 5.74) is 0. The highest BCUT2D eigenvalue weighted by Crippen LogP contribution is 2.06. The first kappa shape index (κ1) is 19.6. The van der Waals surface area contributed by atoms with Crippen molar-refractivity contribution in [3.8, 4) is 0 Å². The second-order valence-electron chi connectivity index (χ2n) is 4.93. The summed E-state index contributed by atoms with van der Waals surface area (Å²) < 4.78 is 0. The van der Waals surface area contributed by atoms with E-state index in [0.29, 0.717) is 11.3 Å². The molecule has 110 valence electrons. The van der Waals surface area contributed by atoms with Crippen LogP contribution < -0.4 is 5.32 Å². The fourth-order valence-electron chi connectivity index (χ4n) is 1.70. The topological polar surface area (TPSA) is 93.5 Å². The van der Waals surface area contributed by atoms with E-state index < -0.39 is 29.6 Å². The number of guanidine groups is 1. The van der Waals surface area contributed by atoms with Crippen LogP contribution in [0.5, 0.6) is 0 Å². The van der Waals surface area contributed by atoms with Crippen molar-refractivity contribution < 1.29 is 14.7 Å². The molecule has 0 unspecified atom stereocenters. The summed E-state index contributed by atoms with van der Waals surface area (Å²) in [7, 11) is 16.2. The second kappa shape index (κ2) is 9.52. The number of carboxylic acid groups (broad SMARTS) is 1. The Morgan fingerprint density at radius 3 is 2.24 bits per heavy atom. The summed E-state index contributed by atoms with van der Waals surface area (Å²) in [4.78, 5) is 23.1. The van der Waals surface area contributed by atoms with Crippen molar-refractivity contribution >= 4 is 41.4 Å². The zero-order valence-corrected chi connectivity index (χ0v) is 12.4. The predicted octanol–water partition coefficient (Wildman–Crippen LogP) is -0.0987. The summed E-state index contributed by atoms with van der Waals surface area (Å²) >= 11 is 0. The van der Waals surface area contributed by atoms with E-state index >= 15 is 0 Å². The molecule has 0 aromatic heterocycles. The molecule has 6 nitrogen and oxygen atoms in total. The molecule has 9 heteroatoms. The van der Waals surface area contributed by atoms with Gasteiger partial charge in [0.25, 0.3) is 0 Å². The van der Waals surface area contributed by atoms with Crippen molar-refractivity contribution in [2.24, 2.45) is 0 Å². The van der Waals surface area contributed by atoms with Gasteiger partial charge in [0.1, 0.15) is 6.54 Å². The number of carbonyl (C=O) groups is 2. The zero-order valence-electron chi connectivity index (χ0n) is 12.4. The largest absolute Gasteiger partial charge is 0.480 e. The van der Waals surface area contributed by atoms with Crippen LogP contribution in [0, 0.1) is 5.41 Å². The van der Waals surface area contributed by atoms with Crippen molar-refractivity contribution in [1.82, 2.24) is 10.2 Å². The Kier molecular flexibility index (Phi) is 8.89. The van der Waals surface area contributed by atoms with Crippen LogP contribution in [0.2, 0.25) is 0 Å². The van der Waals surface area contributed by atoms with Gasteiger partial charge in [0, 0.05) is 6.42 Å². The van der Waals surface area contributed by atoms with Crippen molar-refractivity contribution in [3.63, 3.8) is 0 Å². The zero-order chi connectivity index (χ0) is 16.5. The summed E-state index contributed by atoms with van der Waals surface area (Å²) in [5.74, 6) is -2.18. The molecule has 6 radical (unpaired) electrons. The van der Waals surface area contributed by atoms with Crippen LogP contribution in [0.3, 0.4) is 0 Å². The number of unbranched alkanes of at least 4 members (excludes halogenated alkanes) is 4. The summed E-state index contributed by atoms with van der Waals surface area (Å²) in [6, 6.07) is 0. The average molecular weight is 287 g/mol. The number of hydrogen-bond acceptors (Lipinski definition) is 3. The van der Waals surface area contributed by atoms with Crippen LogP contribution in [-0.2, 0) is 9.59 Å². The van der Waals surface area contributed by atoms with E-state index in [1.807, 2.05) is 0 Å². The molecule has 0 spiro atoms. The van der Waals surface area contributed by atoms with Crippen molar-refractivity contribution in [2.45, 2.75) is 50.7 Å². The lowest BCUT2D eigenvalue weighted by Gasteiger charge is -2.37. The molecule has 0 aromatic carbocycles. The normalized spacial score (nSPS) is 10.9. The fraction of sp³-hybridized carbons (Fsp3) is 0.750. The van der Waals surface area contributed by atoms with Gasteiger partial charge in [-0.25, -0.2) is 0 Å². The maximum Gasteiger partial charge on any atom is 0.323 e. The minimum atomic E-state index is -2.04. The molecule has 0 aliphatic rings. The molecule has 21 heavy (non-hydrogen) atoms. The summed E-state index contributed by atoms with van der Waals surface area (Å²) in [6.07, 6.45) is 5.19. The number of nitrogens with one attached hydrogen (secondary N) is 2. The summed E-state index contributed by atoms with van der Waals surface area (Å²) in [5, 5.41) is 16.6. The lowest BCUT2D eigenvalue weighted by Crippen LogP contribution is -2.59. The quantitative estimate of drug-likeness (QED) is 0.239. The van der Waals surface area contributed by atoms with Crippen LogP contribution >= 0.6 is 0 Å². The smallest absolute Gasteiger partial charge is 0.323 e. The molecule has 0 heterocycles. The number of nitrogens with zero attached hydrogens (tertiary/aromatic N) is 1. The number of carboxylic acids is 1. The third kappa shape index (κ3) is 9.21. The molecule has 0 rings (SSSR count). The molecule has 0 atom stereocenters. The number of hydrogen-bond donors (Lipinski definition) is 3. The van der Waals surface area contributed by atoms with Gasteiger partial charge >= 0.3 is 5.97 Å². The number of carbonyl (C=O) groups excluding carboxylic acids is 1. The van der Waals surface area contributed by atoms with Crippen LogP contribution in [0.1, 0.15) is 45.4 Å². The molecule has 0 aliphatic heterocycles. The molecule has 0 bridgehead atoms. The van der Waals surface area contributed by atoms with Gasteiger partial charge in [-0.3, -0.25) is 20.3 Å². The number of rotatable bonds is 9. The maximum absolute atomic E-state index is 11.7. The van der Waals surface area contributed by atoms with Gasteiger partial charge < -0.3 is 10.0 Å². The van der Waals surface area contributed by atoms with E-state index in [9.17, 15) is 9.59 Å². The van der Waals surface area contributed by atoms with E-state index in [0.717, 1.165) is 25.7 Å². The van der Waals surface area contributed by atoms with Crippen LogP contribution in [0.25, 0.3) is 0 Å². The lowest BCUT2D eigenvalue weighted by atomic mass is 9.48. The van der Waals surface area contributed by atoms with Gasteiger partial charge in [0.15, 0.2) is 5.96 Å². The van der Waals surface area contributed by atoms with Gasteiger partial charge in [0.05, 0.1) is 23.5 Å². The van der Waals surface area contributed by atoms with E-state index in [1.54, 1.807) is 0 Å². The number of aliphatic carboxylic acids is 1. The van der Waals surface area contributed by atoms with E-state index in [2.05, 4.69) is 12.2 Å². The Morgan fingerprint density at radius 2 is 1.76 bits per heavy atom. The second-order valence-corrected chi connectivity index (χ2v) is 4.93. The first-order chi connectivity index (χ1) is 9.68. The lowest BCUT2D eigenvalue weighted by molar-refractivity contribution is -0.137. The Balaban J connectivity index is 4.29. The van der Waals surface area contributed by atoms with E-state index in [4.69, 9.17) is 34.1 Å². The number of amides is 1. The Morgan fingerprint density at radius 1 is 1.19 bits per heavy atom. The van der Waals surface area contributed by atoms with Crippen molar-refractivity contribution in [3.05, 3.63) is 0 Å². The van der Waals surface area contributed by atoms with Crippen LogP contribution in [0.15, 0.2) is 0 Å². The molecule has 0 saturated heterocycles. The molecular weight excluding hydrogens is 267 g/mol. The van der Waals surface area contributed by atoms with E-state index in [1.165, 1.54) is 0 Å². The molecular formula is C12H20B3N3O3. The van der Waals surface area contributed by atoms with Crippen LogP contribution in [-0.4, -0.2) is 63.2 Å². The highest BCUT2D eigenvalue weighted by Gasteiger charge is 2.25. The highest BCUT2D eigenvalue weighted by atomic mass is 16.4. The van der Waals surface area contributed by atoms with Gasteiger partial charge in [-0.2, -0.15) is 0 Å². The van der Waals surface area contributed by atoms with Gasteiger partial charge in [-0.1, -0.05) is 37.8 Å². The maximum atomic E-state index is 11.7. The van der Waals surface area contributed by atoms with Crippen molar-refractivity contribution in [1.29, 1.82) is 5.41 Å². The fourth-order valence-corrected chi connectivity index (χ4v) is 1.70. The van der Waals surface area contributed by atoms with Crippen molar-refractivity contribution in [2.75, 3.05) is 6.54 Å². The third-order valence-corrected chi connectivity index (χ3v) is 2.80. The SMILES string of the molecule is [B]C([B])([B])N(CC(=O)O)C(=N)NC(=O)CCCCCCC. The Hall–Kier alpha value is -1.40. The standard InChI is InChI=1S/C12H20B3N3O3/c1-2-3-4-5-6-7-9(19)17-11(16)18(8-10(20)21)12(13,14)15/h2-8H2,1H3,(H,20,21)(H2,16,17,19). The molecule has 1 amide bonds. The average Bonchev–Trinajstić information content (AvgIpc) is 2.34. The third-order valence-electron chi connectivity index (χ3n) is 2.80. The van der Waals surface area contributed by atoms with E-state index in [-0.39, 0.29) is 6.42 Å². The molecule has 0 aromatic rings. The highest BCUT2D eigenvalue weighted by molar-refractivity contribution is 6.59. The summed E-state index contributed by atoms with van der Waals surface area (Å²) in [6.45, 7) is 1.42. The molecule has 0 aliphatic carbocycles. The Bertz CT molecular complexity index is 372. The monoisotopic (exact) mass is 287 g/mol. The first-order valence-corrected chi connectivity index (χ1v) is 6.93. The van der Waals surface area contributed by atoms with Gasteiger partial charge in [-0.05, 0) is 6.42 Å². The Labute approximate surface area is 129 Å². The minimum absolute atomic E-state index is 0.250. The molecule has 0 fully saturated rings. The van der Waals surface area contributed by atoms with Gasteiger partial charge in [-0.15, -0.1) is 0 Å². The first-order valence-electron chi connectivity index (χ1n) is 6.93. The molecule has 0 saturated carbocycles. The van der Waals surface area contributed by atoms with Crippen LogP contribution in [0.4, 0.5) is 0 Å². The molecule has 3 N–H and O–H groups in total. The predicted molar refractivity (Wildman–Crippen MR) is 83.6 cm³/mol.